The minimum absolute atomic E-state index is 0.0523. The molecule has 0 spiro atoms. The molecule has 7 heteroatoms. The van der Waals surface area contributed by atoms with Crippen LogP contribution in [0.5, 0.6) is 0 Å². The predicted molar refractivity (Wildman–Crippen MR) is 103 cm³/mol. The number of allylic oxidation sites excluding steroid dienone is 2. The van der Waals surface area contributed by atoms with Gasteiger partial charge in [0.2, 0.25) is 5.91 Å². The first-order chi connectivity index (χ1) is 12.9. The van der Waals surface area contributed by atoms with Crippen LogP contribution >= 0.6 is 0 Å². The van der Waals surface area contributed by atoms with E-state index in [-0.39, 0.29) is 18.9 Å². The van der Waals surface area contributed by atoms with E-state index < -0.39 is 18.1 Å². The van der Waals surface area contributed by atoms with Gasteiger partial charge in [0, 0.05) is 12.1 Å². The summed E-state index contributed by atoms with van der Waals surface area (Å²) in [6.07, 6.45) is 5.84. The Balaban J connectivity index is 2.65. The predicted octanol–water partition coefficient (Wildman–Crippen LogP) is 3.06. The van der Waals surface area contributed by atoms with Crippen LogP contribution in [0.4, 0.5) is 10.5 Å². The molecular weight excluding hydrogens is 348 g/mol. The summed E-state index contributed by atoms with van der Waals surface area (Å²) in [6, 6.07) is 5.49. The van der Waals surface area contributed by atoms with Gasteiger partial charge in [0.25, 0.3) is 0 Å². The van der Waals surface area contributed by atoms with Crippen molar-refractivity contribution in [1.29, 1.82) is 0 Å². The van der Waals surface area contributed by atoms with Crippen LogP contribution in [0.25, 0.3) is 0 Å². The number of anilines is 1. The second kappa shape index (κ2) is 11.3. The van der Waals surface area contributed by atoms with E-state index in [1.807, 2.05) is 19.9 Å². The highest BCUT2D eigenvalue weighted by Gasteiger charge is 2.21. The second-order valence-electron chi connectivity index (χ2n) is 5.57. The Morgan fingerprint density at radius 1 is 1.22 bits per heavy atom. The third kappa shape index (κ3) is 8.04. The van der Waals surface area contributed by atoms with Crippen molar-refractivity contribution in [3.05, 3.63) is 66.3 Å². The number of aliphatic carboxylic acids is 1. The lowest BCUT2D eigenvalue weighted by molar-refractivity contribution is -0.139. The van der Waals surface area contributed by atoms with Crippen molar-refractivity contribution >= 4 is 23.7 Å². The highest BCUT2D eigenvalue weighted by Crippen LogP contribution is 2.12. The number of hydrogen-bond acceptors (Lipinski definition) is 4. The summed E-state index contributed by atoms with van der Waals surface area (Å²) >= 11 is 0. The zero-order valence-electron chi connectivity index (χ0n) is 15.4. The molecule has 2 amide bonds. The molecule has 0 saturated heterocycles. The van der Waals surface area contributed by atoms with E-state index in [0.29, 0.717) is 11.3 Å². The first-order valence-corrected chi connectivity index (χ1v) is 8.36. The summed E-state index contributed by atoms with van der Waals surface area (Å²) in [5.41, 5.74) is 2.05. The summed E-state index contributed by atoms with van der Waals surface area (Å²) in [4.78, 5) is 34.6. The Kier molecular flexibility index (Phi) is 9.08. The fraction of sp³-hybridized carbons (Fsp3) is 0.250. The molecule has 144 valence electrons. The molecule has 1 unspecified atom stereocenters. The van der Waals surface area contributed by atoms with E-state index in [1.165, 1.54) is 0 Å². The smallest absolute Gasteiger partial charge is 0.408 e. The first-order valence-electron chi connectivity index (χ1n) is 8.36. The van der Waals surface area contributed by atoms with Crippen LogP contribution in [-0.4, -0.2) is 35.7 Å². The highest BCUT2D eigenvalue weighted by molar-refractivity contribution is 5.98. The Labute approximate surface area is 158 Å². The van der Waals surface area contributed by atoms with Gasteiger partial charge in [0.15, 0.2) is 0 Å². The van der Waals surface area contributed by atoms with Gasteiger partial charge in [-0.05, 0) is 43.2 Å². The van der Waals surface area contributed by atoms with Crippen LogP contribution < -0.4 is 10.6 Å². The van der Waals surface area contributed by atoms with Crippen LogP contribution in [-0.2, 0) is 20.7 Å². The molecule has 0 aromatic heterocycles. The number of nitrogens with one attached hydrogen (secondary N) is 2. The molecular formula is C20H24N2O5. The van der Waals surface area contributed by atoms with Crippen molar-refractivity contribution in [2.45, 2.75) is 26.3 Å². The number of ether oxygens (including phenoxy) is 1. The Bertz CT molecular complexity index is 735. The number of hydrogen-bond donors (Lipinski definition) is 3. The molecule has 0 aliphatic rings. The molecule has 1 atom stereocenters. The molecule has 0 heterocycles. The van der Waals surface area contributed by atoms with Crippen LogP contribution in [0.2, 0.25) is 0 Å². The van der Waals surface area contributed by atoms with E-state index in [0.717, 1.165) is 11.6 Å². The second-order valence-corrected chi connectivity index (χ2v) is 5.57. The third-order valence-electron chi connectivity index (χ3n) is 3.56. The van der Waals surface area contributed by atoms with Gasteiger partial charge >= 0.3 is 12.1 Å². The van der Waals surface area contributed by atoms with E-state index in [4.69, 9.17) is 4.74 Å². The van der Waals surface area contributed by atoms with E-state index in [2.05, 4.69) is 17.2 Å². The third-order valence-corrected chi connectivity index (χ3v) is 3.56. The number of amides is 2. The van der Waals surface area contributed by atoms with Gasteiger partial charge in [0.05, 0.1) is 0 Å². The number of carboxylic acid groups (broad SMARTS) is 1. The lowest BCUT2D eigenvalue weighted by Gasteiger charge is -2.15. The largest absolute Gasteiger partial charge is 0.480 e. The number of carbonyl (C=O) groups is 3. The van der Waals surface area contributed by atoms with Crippen molar-refractivity contribution in [3.63, 3.8) is 0 Å². The lowest BCUT2D eigenvalue weighted by Crippen LogP contribution is -2.42. The molecule has 3 N–H and O–H groups in total. The number of benzene rings is 1. The Hall–Kier alpha value is -3.35. The molecule has 1 rings (SSSR count). The number of carboxylic acids is 1. The molecule has 7 nitrogen and oxygen atoms in total. The van der Waals surface area contributed by atoms with Crippen LogP contribution in [0.1, 0.15) is 19.4 Å². The number of alkyl carbamates (subject to hydrolysis) is 1. The zero-order valence-corrected chi connectivity index (χ0v) is 15.4. The van der Waals surface area contributed by atoms with E-state index in [9.17, 15) is 19.5 Å². The highest BCUT2D eigenvalue weighted by atomic mass is 16.5. The minimum Gasteiger partial charge on any atom is -0.480 e. The molecule has 1 aromatic carbocycles. The summed E-state index contributed by atoms with van der Waals surface area (Å²) in [5, 5.41) is 14.3. The van der Waals surface area contributed by atoms with Crippen LogP contribution in [0.3, 0.4) is 0 Å². The minimum atomic E-state index is -1.17. The molecule has 0 fully saturated rings. The molecule has 0 saturated carbocycles. The molecule has 0 aliphatic carbocycles. The molecule has 27 heavy (non-hydrogen) atoms. The van der Waals surface area contributed by atoms with Crippen molar-refractivity contribution in [2.24, 2.45) is 0 Å². The van der Waals surface area contributed by atoms with E-state index in [1.54, 1.807) is 36.4 Å². The van der Waals surface area contributed by atoms with Crippen molar-refractivity contribution < 1.29 is 24.2 Å². The fourth-order valence-corrected chi connectivity index (χ4v) is 2.13. The quantitative estimate of drug-likeness (QED) is 0.456. The van der Waals surface area contributed by atoms with Gasteiger partial charge in [-0.1, -0.05) is 36.9 Å². The van der Waals surface area contributed by atoms with Gasteiger partial charge in [-0.15, -0.1) is 0 Å². The Morgan fingerprint density at radius 2 is 1.89 bits per heavy atom. The van der Waals surface area contributed by atoms with E-state index >= 15 is 0 Å². The SMILES string of the molecule is C=CC(=O)Nc1ccc(CC(NC(=O)OCC(C=CC)=CC)C(=O)O)cc1. The fourth-order valence-electron chi connectivity index (χ4n) is 2.13. The summed E-state index contributed by atoms with van der Waals surface area (Å²) in [7, 11) is 0. The maximum atomic E-state index is 11.9. The number of rotatable bonds is 9. The van der Waals surface area contributed by atoms with Crippen molar-refractivity contribution in [2.75, 3.05) is 11.9 Å². The maximum Gasteiger partial charge on any atom is 0.408 e. The summed E-state index contributed by atoms with van der Waals surface area (Å²) in [5.74, 6) is -1.51. The number of carbonyl (C=O) groups excluding carboxylic acids is 2. The average molecular weight is 372 g/mol. The zero-order chi connectivity index (χ0) is 20.2. The standard InChI is InChI=1S/C20H24N2O5/c1-4-7-14(5-2)13-27-20(26)22-17(19(24)25)12-15-8-10-16(11-9-15)21-18(23)6-3/h4-11,17H,3,12-13H2,1-2H3,(H,21,23)(H,22,26)(H,24,25). The first kappa shape index (κ1) is 21.7. The Morgan fingerprint density at radius 3 is 2.41 bits per heavy atom. The van der Waals surface area contributed by atoms with Crippen LogP contribution in [0, 0.1) is 0 Å². The monoisotopic (exact) mass is 372 g/mol. The average Bonchev–Trinajstić information content (AvgIpc) is 2.65. The van der Waals surface area contributed by atoms with Gasteiger partial charge in [-0.25, -0.2) is 9.59 Å². The molecule has 0 radical (unpaired) electrons. The topological polar surface area (TPSA) is 105 Å². The normalized spacial score (nSPS) is 12.3. The van der Waals surface area contributed by atoms with Gasteiger partial charge in [-0.3, -0.25) is 4.79 Å². The molecule has 0 bridgehead atoms. The summed E-state index contributed by atoms with van der Waals surface area (Å²) in [6.45, 7) is 7.08. The van der Waals surface area contributed by atoms with Crippen molar-refractivity contribution in [3.8, 4) is 0 Å². The maximum absolute atomic E-state index is 11.9. The molecule has 1 aromatic rings. The van der Waals surface area contributed by atoms with Crippen molar-refractivity contribution in [1.82, 2.24) is 5.32 Å². The lowest BCUT2D eigenvalue weighted by atomic mass is 10.1. The van der Waals surface area contributed by atoms with Crippen LogP contribution in [0.15, 0.2) is 60.7 Å². The van der Waals surface area contributed by atoms with Gasteiger partial charge in [0.1, 0.15) is 12.6 Å². The van der Waals surface area contributed by atoms with Gasteiger partial charge in [-0.2, -0.15) is 0 Å². The van der Waals surface area contributed by atoms with Gasteiger partial charge < -0.3 is 20.5 Å². The summed E-state index contributed by atoms with van der Waals surface area (Å²) < 4.78 is 5.05. The molecule has 0 aliphatic heterocycles.